The highest BCUT2D eigenvalue weighted by molar-refractivity contribution is 9.10. The van der Waals surface area contributed by atoms with Crippen molar-refractivity contribution in [1.29, 1.82) is 0 Å². The van der Waals surface area contributed by atoms with E-state index in [1.807, 2.05) is 30.3 Å². The Morgan fingerprint density at radius 2 is 1.79 bits per heavy atom. The molecule has 0 aromatic heterocycles. The number of rotatable bonds is 3. The Kier molecular flexibility index (Phi) is 5.44. The van der Waals surface area contributed by atoms with Crippen molar-refractivity contribution in [1.82, 2.24) is 10.4 Å². The molecule has 33 heavy (non-hydrogen) atoms. The summed E-state index contributed by atoms with van der Waals surface area (Å²) in [6.45, 7) is 0. The Balaban J connectivity index is 1.64. The third kappa shape index (κ3) is 3.90. The lowest BCUT2D eigenvalue weighted by Gasteiger charge is -2.38. The van der Waals surface area contributed by atoms with Gasteiger partial charge in [-0.3, -0.25) is 15.0 Å². The molecule has 5 rings (SSSR count). The zero-order valence-corrected chi connectivity index (χ0v) is 19.4. The molecule has 1 atom stereocenters. The van der Waals surface area contributed by atoms with Crippen LogP contribution < -0.4 is 10.7 Å². The number of hydrogen-bond donors (Lipinski definition) is 3. The van der Waals surface area contributed by atoms with Crippen LogP contribution in [0.3, 0.4) is 0 Å². The Morgan fingerprint density at radius 3 is 2.58 bits per heavy atom. The summed E-state index contributed by atoms with van der Waals surface area (Å²) in [4.78, 5) is 26.6. The summed E-state index contributed by atoms with van der Waals surface area (Å²) in [5.74, 6) is -0.889. The lowest BCUT2D eigenvalue weighted by molar-refractivity contribution is 0.0490. The third-order valence-electron chi connectivity index (χ3n) is 5.53. The van der Waals surface area contributed by atoms with Crippen molar-refractivity contribution in [3.63, 3.8) is 0 Å². The summed E-state index contributed by atoms with van der Waals surface area (Å²) in [6, 6.07) is 22.6. The van der Waals surface area contributed by atoms with Gasteiger partial charge in [-0.05, 0) is 59.3 Å². The van der Waals surface area contributed by atoms with Crippen LogP contribution in [0.5, 0.6) is 5.75 Å². The largest absolute Gasteiger partial charge is 0.507 e. The smallest absolute Gasteiger partial charge is 0.276 e. The fourth-order valence-electron chi connectivity index (χ4n) is 3.94. The molecule has 0 saturated carbocycles. The summed E-state index contributed by atoms with van der Waals surface area (Å²) in [7, 11) is 0. The molecule has 4 aromatic rings. The molecule has 0 spiro atoms. The van der Waals surface area contributed by atoms with Crippen LogP contribution in [0.1, 0.15) is 32.4 Å². The molecule has 1 aliphatic heterocycles. The number of nitrogens with one attached hydrogen (secondary N) is 2. The van der Waals surface area contributed by atoms with Crippen molar-refractivity contribution in [3.8, 4) is 5.75 Å². The molecule has 3 N–H and O–H groups in total. The number of fused-ring (bicyclic) bond motifs is 2. The quantitative estimate of drug-likeness (QED) is 0.314. The van der Waals surface area contributed by atoms with Crippen molar-refractivity contribution in [2.75, 3.05) is 5.32 Å². The molecule has 0 fully saturated rings. The fourth-order valence-corrected chi connectivity index (χ4v) is 4.43. The van der Waals surface area contributed by atoms with Gasteiger partial charge in [-0.2, -0.15) is 0 Å². The minimum Gasteiger partial charge on any atom is -0.507 e. The Morgan fingerprint density at radius 1 is 1.03 bits per heavy atom. The van der Waals surface area contributed by atoms with Crippen LogP contribution in [0.2, 0.25) is 5.02 Å². The molecule has 164 valence electrons. The summed E-state index contributed by atoms with van der Waals surface area (Å²) < 4.78 is 0.729. The van der Waals surface area contributed by atoms with E-state index in [4.69, 9.17) is 11.6 Å². The summed E-state index contributed by atoms with van der Waals surface area (Å²) in [5, 5.41) is 17.5. The number of hydrogen-bond acceptors (Lipinski definition) is 4. The molecule has 0 aliphatic carbocycles. The highest BCUT2D eigenvalue weighted by Crippen LogP contribution is 2.40. The monoisotopic (exact) mass is 521 g/mol. The van der Waals surface area contributed by atoms with E-state index in [0.717, 1.165) is 15.2 Å². The van der Waals surface area contributed by atoms with Gasteiger partial charge in [0.2, 0.25) is 0 Å². The van der Waals surface area contributed by atoms with Crippen molar-refractivity contribution in [3.05, 3.63) is 105 Å². The number of phenols is 1. The highest BCUT2D eigenvalue weighted by Gasteiger charge is 2.37. The third-order valence-corrected chi connectivity index (χ3v) is 6.28. The SMILES string of the molecule is O=C(NN1C(=O)c2cc(Br)ccc2N[C@@H]1c1c(O)ccc2ccccc12)c1ccc(Cl)cc1. The zero-order valence-electron chi connectivity index (χ0n) is 17.0. The van der Waals surface area contributed by atoms with Crippen molar-refractivity contribution < 1.29 is 14.7 Å². The maximum absolute atomic E-state index is 13.6. The van der Waals surface area contributed by atoms with Crippen LogP contribution in [0, 0.1) is 0 Å². The van der Waals surface area contributed by atoms with Gasteiger partial charge in [0.15, 0.2) is 6.17 Å². The number of nitrogens with zero attached hydrogens (tertiary/aromatic N) is 1. The van der Waals surface area contributed by atoms with Gasteiger partial charge >= 0.3 is 0 Å². The molecular weight excluding hydrogens is 506 g/mol. The van der Waals surface area contributed by atoms with Crippen molar-refractivity contribution in [2.45, 2.75) is 6.17 Å². The molecule has 0 saturated heterocycles. The number of carbonyl (C=O) groups is 2. The molecule has 0 bridgehead atoms. The molecule has 4 aromatic carbocycles. The van der Waals surface area contributed by atoms with Gasteiger partial charge in [0, 0.05) is 26.3 Å². The number of phenolic OH excluding ortho intramolecular Hbond substituents is 1. The fraction of sp³-hybridized carbons (Fsp3) is 0.0400. The van der Waals surface area contributed by atoms with Gasteiger partial charge in [-0.15, -0.1) is 0 Å². The van der Waals surface area contributed by atoms with Crippen LogP contribution in [-0.2, 0) is 0 Å². The van der Waals surface area contributed by atoms with Crippen LogP contribution in [-0.4, -0.2) is 21.9 Å². The van der Waals surface area contributed by atoms with E-state index in [1.54, 1.807) is 48.5 Å². The molecular formula is C25H17BrClN3O3. The minimum atomic E-state index is -0.853. The van der Waals surface area contributed by atoms with Gasteiger partial charge in [0.05, 0.1) is 5.56 Å². The number of benzene rings is 4. The molecule has 2 amide bonds. The Hall–Kier alpha value is -3.55. The Bertz CT molecular complexity index is 1410. The van der Waals surface area contributed by atoms with E-state index in [-0.39, 0.29) is 5.75 Å². The predicted molar refractivity (Wildman–Crippen MR) is 131 cm³/mol. The van der Waals surface area contributed by atoms with Gasteiger partial charge in [-0.25, -0.2) is 5.01 Å². The maximum atomic E-state index is 13.6. The predicted octanol–water partition coefficient (Wildman–Crippen LogP) is 5.87. The Labute approximate surface area is 202 Å². The number of anilines is 1. The molecule has 0 radical (unpaired) electrons. The molecule has 0 unspecified atom stereocenters. The highest BCUT2D eigenvalue weighted by atomic mass is 79.9. The molecule has 6 nitrogen and oxygen atoms in total. The number of hydrazine groups is 1. The second-order valence-electron chi connectivity index (χ2n) is 7.58. The summed E-state index contributed by atoms with van der Waals surface area (Å²) >= 11 is 9.34. The zero-order chi connectivity index (χ0) is 23.1. The topological polar surface area (TPSA) is 81.7 Å². The summed E-state index contributed by atoms with van der Waals surface area (Å²) in [5.41, 5.74) is 4.52. The van der Waals surface area contributed by atoms with Crippen LogP contribution >= 0.6 is 27.5 Å². The first-order chi connectivity index (χ1) is 15.9. The normalized spacial score (nSPS) is 15.2. The number of carbonyl (C=O) groups excluding carboxylic acids is 2. The standard InChI is InChI=1S/C25H17BrClN3O3/c26-16-8-11-20-19(13-16)25(33)30(29-24(32)15-5-9-17(27)10-6-15)23(28-20)22-18-4-2-1-3-14(18)7-12-21(22)31/h1-13,23,28,31H,(H,29,32)/t23-/m0/s1. The molecule has 1 aliphatic rings. The van der Waals surface area contributed by atoms with E-state index in [0.29, 0.717) is 27.4 Å². The van der Waals surface area contributed by atoms with Crippen LogP contribution in [0.4, 0.5) is 5.69 Å². The van der Waals surface area contributed by atoms with E-state index >= 15 is 0 Å². The first-order valence-electron chi connectivity index (χ1n) is 10.1. The van der Waals surface area contributed by atoms with Crippen molar-refractivity contribution >= 4 is 55.8 Å². The van der Waals surface area contributed by atoms with E-state index in [2.05, 4.69) is 26.7 Å². The minimum absolute atomic E-state index is 0.00491. The molecule has 1 heterocycles. The molecule has 8 heteroatoms. The van der Waals surface area contributed by atoms with E-state index < -0.39 is 18.0 Å². The maximum Gasteiger partial charge on any atom is 0.276 e. The van der Waals surface area contributed by atoms with Gasteiger partial charge in [0.25, 0.3) is 11.8 Å². The average molecular weight is 523 g/mol. The van der Waals surface area contributed by atoms with Crippen LogP contribution in [0.25, 0.3) is 10.8 Å². The van der Waals surface area contributed by atoms with E-state index in [1.165, 1.54) is 5.01 Å². The van der Waals surface area contributed by atoms with Gasteiger partial charge in [0.1, 0.15) is 5.75 Å². The number of halogens is 2. The second-order valence-corrected chi connectivity index (χ2v) is 8.93. The van der Waals surface area contributed by atoms with Gasteiger partial charge < -0.3 is 10.4 Å². The first-order valence-corrected chi connectivity index (χ1v) is 11.3. The number of aromatic hydroxyl groups is 1. The van der Waals surface area contributed by atoms with Crippen LogP contribution in [0.15, 0.2) is 83.3 Å². The van der Waals surface area contributed by atoms with E-state index in [9.17, 15) is 14.7 Å². The van der Waals surface area contributed by atoms with Crippen molar-refractivity contribution in [2.24, 2.45) is 0 Å². The lowest BCUT2D eigenvalue weighted by Crippen LogP contribution is -2.53. The summed E-state index contributed by atoms with van der Waals surface area (Å²) in [6.07, 6.45) is -0.853. The lowest BCUT2D eigenvalue weighted by atomic mass is 9.98. The second kappa shape index (κ2) is 8.42. The number of amides is 2. The first kappa shape index (κ1) is 21.3. The average Bonchev–Trinajstić information content (AvgIpc) is 2.82. The van der Waals surface area contributed by atoms with Gasteiger partial charge in [-0.1, -0.05) is 57.9 Å².